The lowest BCUT2D eigenvalue weighted by atomic mass is 9.93. The molecule has 142 valence electrons. The number of aromatic nitrogens is 1. The predicted octanol–water partition coefficient (Wildman–Crippen LogP) is 0.740. The summed E-state index contributed by atoms with van der Waals surface area (Å²) in [5, 5.41) is 5.82. The molecule has 0 atom stereocenters. The number of hydrogen-bond acceptors (Lipinski definition) is 4. The van der Waals surface area contributed by atoms with Crippen LogP contribution in [0.25, 0.3) is 32.4 Å². The first-order chi connectivity index (χ1) is 13.3. The minimum absolute atomic E-state index is 0. The monoisotopic (exact) mass is 395 g/mol. The molecule has 0 aliphatic carbocycles. The van der Waals surface area contributed by atoms with E-state index in [1.165, 1.54) is 21.9 Å². The van der Waals surface area contributed by atoms with Crippen LogP contribution in [-0.2, 0) is 13.0 Å². The van der Waals surface area contributed by atoms with E-state index in [0.717, 1.165) is 52.1 Å². The Labute approximate surface area is 167 Å². The molecule has 0 unspecified atom stereocenters. The smallest absolute Gasteiger partial charge is 0.231 e. The summed E-state index contributed by atoms with van der Waals surface area (Å²) in [5.41, 5.74) is 2.56. The van der Waals surface area contributed by atoms with Crippen molar-refractivity contribution < 1.29 is 35.9 Å². The van der Waals surface area contributed by atoms with Gasteiger partial charge in [0, 0.05) is 17.2 Å². The number of hydrogen-bond donors (Lipinski definition) is 0. The normalized spacial score (nSPS) is 13.9. The van der Waals surface area contributed by atoms with Gasteiger partial charge in [0.1, 0.15) is 0 Å². The molecule has 28 heavy (non-hydrogen) atoms. The molecule has 0 saturated heterocycles. The van der Waals surface area contributed by atoms with Crippen LogP contribution in [0.3, 0.4) is 0 Å². The van der Waals surface area contributed by atoms with E-state index in [9.17, 15) is 0 Å². The van der Waals surface area contributed by atoms with Gasteiger partial charge in [-0.05, 0) is 35.9 Å². The Hall–Kier alpha value is -2.92. The van der Waals surface area contributed by atoms with E-state index in [0.29, 0.717) is 6.79 Å². The zero-order valence-corrected chi connectivity index (χ0v) is 16.3. The fourth-order valence-corrected chi connectivity index (χ4v) is 4.61. The number of halogens is 1. The van der Waals surface area contributed by atoms with Gasteiger partial charge in [0.2, 0.25) is 12.3 Å². The first-order valence-electron chi connectivity index (χ1n) is 9.05. The second kappa shape index (κ2) is 6.04. The van der Waals surface area contributed by atoms with Gasteiger partial charge >= 0.3 is 0 Å². The van der Waals surface area contributed by atoms with Crippen molar-refractivity contribution in [2.75, 3.05) is 21.0 Å². The van der Waals surface area contributed by atoms with Crippen LogP contribution in [0.15, 0.2) is 36.5 Å². The van der Waals surface area contributed by atoms with E-state index in [1.807, 2.05) is 6.07 Å². The van der Waals surface area contributed by atoms with E-state index >= 15 is 0 Å². The lowest BCUT2D eigenvalue weighted by Crippen LogP contribution is -3.00. The summed E-state index contributed by atoms with van der Waals surface area (Å²) in [7, 11) is 3.36. The highest BCUT2D eigenvalue weighted by Gasteiger charge is 2.29. The Balaban J connectivity index is 0.00000171. The molecule has 0 radical (unpaired) electrons. The quantitative estimate of drug-likeness (QED) is 0.371. The number of rotatable bonds is 2. The van der Waals surface area contributed by atoms with Crippen molar-refractivity contribution in [1.29, 1.82) is 0 Å². The number of aryl methyl sites for hydroxylation is 2. The van der Waals surface area contributed by atoms with Crippen molar-refractivity contribution in [1.82, 2.24) is 0 Å². The van der Waals surface area contributed by atoms with Gasteiger partial charge < -0.3 is 31.4 Å². The molecule has 2 aliphatic rings. The summed E-state index contributed by atoms with van der Waals surface area (Å²) < 4.78 is 24.9. The van der Waals surface area contributed by atoms with Gasteiger partial charge in [-0.2, -0.15) is 4.57 Å². The fourth-order valence-electron chi connectivity index (χ4n) is 4.61. The largest absolute Gasteiger partial charge is 1.00 e. The SMILES string of the molecule is COc1ccc2c(c[n+]3c4c2ccc2c5c(cc(c24)CC3)OCO5)c1OC.[Cl-]. The van der Waals surface area contributed by atoms with E-state index in [-0.39, 0.29) is 12.4 Å². The highest BCUT2D eigenvalue weighted by atomic mass is 35.5. The van der Waals surface area contributed by atoms with E-state index in [1.54, 1.807) is 14.2 Å². The van der Waals surface area contributed by atoms with Crippen LogP contribution < -0.4 is 35.9 Å². The lowest BCUT2D eigenvalue weighted by Gasteiger charge is -2.17. The topological polar surface area (TPSA) is 40.8 Å². The summed E-state index contributed by atoms with van der Waals surface area (Å²) in [4.78, 5) is 0. The van der Waals surface area contributed by atoms with Crippen molar-refractivity contribution in [3.05, 3.63) is 42.1 Å². The molecular formula is C22H18ClNO4. The fraction of sp³-hybridized carbons (Fsp3) is 0.227. The van der Waals surface area contributed by atoms with Crippen molar-refractivity contribution in [2.24, 2.45) is 0 Å². The van der Waals surface area contributed by atoms with Gasteiger partial charge in [-0.1, -0.05) is 0 Å². The van der Waals surface area contributed by atoms with Crippen LogP contribution in [-0.4, -0.2) is 21.0 Å². The summed E-state index contributed by atoms with van der Waals surface area (Å²) in [6, 6.07) is 10.6. The number of methoxy groups -OCH3 is 2. The summed E-state index contributed by atoms with van der Waals surface area (Å²) in [5.74, 6) is 3.24. The zero-order chi connectivity index (χ0) is 18.1. The Bertz CT molecular complexity index is 1280. The van der Waals surface area contributed by atoms with E-state index < -0.39 is 0 Å². The highest BCUT2D eigenvalue weighted by Crippen LogP contribution is 2.46. The molecule has 4 aromatic rings. The molecule has 2 aliphatic heterocycles. The molecule has 0 saturated carbocycles. The van der Waals surface area contributed by atoms with Crippen LogP contribution in [0.1, 0.15) is 5.56 Å². The second-order valence-corrected chi connectivity index (χ2v) is 6.99. The molecule has 0 N–H and O–H groups in total. The molecule has 0 amide bonds. The molecular weight excluding hydrogens is 378 g/mol. The number of ether oxygens (including phenoxy) is 4. The number of nitrogens with zero attached hydrogens (tertiary/aromatic N) is 1. The summed E-state index contributed by atoms with van der Waals surface area (Å²) in [6.07, 6.45) is 3.15. The molecule has 6 heteroatoms. The Morgan fingerprint density at radius 3 is 2.57 bits per heavy atom. The maximum atomic E-state index is 5.77. The van der Waals surface area contributed by atoms with E-state index in [4.69, 9.17) is 18.9 Å². The Morgan fingerprint density at radius 2 is 1.75 bits per heavy atom. The predicted molar refractivity (Wildman–Crippen MR) is 102 cm³/mol. The average Bonchev–Trinajstić information content (AvgIpc) is 3.18. The number of fused-ring (bicyclic) bond motifs is 4. The molecule has 1 aromatic heterocycles. The van der Waals surface area contributed by atoms with Crippen LogP contribution in [0, 0.1) is 0 Å². The van der Waals surface area contributed by atoms with Gasteiger partial charge in [-0.25, -0.2) is 0 Å². The molecule has 3 aromatic carbocycles. The van der Waals surface area contributed by atoms with Gasteiger partial charge in [-0.3, -0.25) is 0 Å². The van der Waals surface area contributed by atoms with Gasteiger partial charge in [0.15, 0.2) is 35.7 Å². The first kappa shape index (κ1) is 17.2. The molecule has 3 heterocycles. The third-order valence-electron chi connectivity index (χ3n) is 5.76. The second-order valence-electron chi connectivity index (χ2n) is 6.99. The van der Waals surface area contributed by atoms with Crippen molar-refractivity contribution in [3.63, 3.8) is 0 Å². The van der Waals surface area contributed by atoms with Crippen molar-refractivity contribution >= 4 is 32.4 Å². The Kier molecular flexibility index (Phi) is 3.71. The van der Waals surface area contributed by atoms with Crippen LogP contribution in [0.2, 0.25) is 0 Å². The number of pyridine rings is 1. The standard InChI is InChI=1S/C22H18NO4.ClH/c1-24-17-6-5-13-14-3-4-15-19-12(9-18-22(15)27-11-26-18)7-8-23(20(14)19)10-16(13)21(17)25-2;/h3-6,9-10H,7-8,11H2,1-2H3;1H/q+1;/p-1. The molecule has 6 rings (SSSR count). The zero-order valence-electron chi connectivity index (χ0n) is 15.5. The van der Waals surface area contributed by atoms with Crippen LogP contribution in [0.5, 0.6) is 23.0 Å². The van der Waals surface area contributed by atoms with Crippen LogP contribution in [0.4, 0.5) is 0 Å². The van der Waals surface area contributed by atoms with Crippen molar-refractivity contribution in [3.8, 4) is 23.0 Å². The minimum Gasteiger partial charge on any atom is -1.00 e. The maximum absolute atomic E-state index is 5.77. The maximum Gasteiger partial charge on any atom is 0.231 e. The van der Waals surface area contributed by atoms with Gasteiger partial charge in [-0.15, -0.1) is 0 Å². The molecule has 0 spiro atoms. The molecule has 0 bridgehead atoms. The van der Waals surface area contributed by atoms with Crippen molar-refractivity contribution in [2.45, 2.75) is 13.0 Å². The summed E-state index contributed by atoms with van der Waals surface area (Å²) in [6.45, 7) is 1.21. The summed E-state index contributed by atoms with van der Waals surface area (Å²) >= 11 is 0. The van der Waals surface area contributed by atoms with Crippen LogP contribution >= 0.6 is 0 Å². The number of benzene rings is 3. The highest BCUT2D eigenvalue weighted by molar-refractivity contribution is 6.17. The lowest BCUT2D eigenvalue weighted by molar-refractivity contribution is -0.670. The third-order valence-corrected chi connectivity index (χ3v) is 5.76. The Morgan fingerprint density at radius 1 is 0.929 bits per heavy atom. The molecule has 0 fully saturated rings. The average molecular weight is 396 g/mol. The van der Waals surface area contributed by atoms with Gasteiger partial charge in [0.25, 0.3) is 0 Å². The first-order valence-corrected chi connectivity index (χ1v) is 9.05. The third kappa shape index (κ3) is 2.05. The minimum atomic E-state index is 0. The molecule has 5 nitrogen and oxygen atoms in total. The van der Waals surface area contributed by atoms with E-state index in [2.05, 4.69) is 35.0 Å². The van der Waals surface area contributed by atoms with Gasteiger partial charge in [0.05, 0.1) is 30.4 Å².